The van der Waals surface area contributed by atoms with Crippen molar-refractivity contribution in [2.45, 2.75) is 25.2 Å². The Morgan fingerprint density at radius 2 is 1.23 bits per heavy atom. The molecule has 0 aromatic heterocycles. The van der Waals surface area contributed by atoms with Gasteiger partial charge in [-0.2, -0.15) is 0 Å². The summed E-state index contributed by atoms with van der Waals surface area (Å²) in [6.07, 6.45) is 6.24. The summed E-state index contributed by atoms with van der Waals surface area (Å²) in [5.41, 5.74) is 6.75. The van der Waals surface area contributed by atoms with Gasteiger partial charge in [-0.15, -0.1) is 0 Å². The molecular formula is C36H29Cl2SiZr. The van der Waals surface area contributed by atoms with Crippen LogP contribution in [0.25, 0.3) is 22.9 Å². The Kier molecular flexibility index (Phi) is 9.13. The van der Waals surface area contributed by atoms with Crippen molar-refractivity contribution in [2.75, 3.05) is 0 Å². The van der Waals surface area contributed by atoms with E-state index in [4.69, 9.17) is 0 Å². The van der Waals surface area contributed by atoms with Crippen LogP contribution in [0.1, 0.15) is 47.4 Å². The molecule has 4 heteroatoms. The molecule has 0 nitrogen and oxygen atoms in total. The van der Waals surface area contributed by atoms with Crippen molar-refractivity contribution in [3.05, 3.63) is 152 Å². The molecule has 5 aromatic rings. The second-order valence-corrected chi connectivity index (χ2v) is 19.4. The molecule has 2 unspecified atom stereocenters. The SMILES string of the molecule is CCC1=Cc2c(ccc3ccccc23)C1C1[C]([Zr+2]=[Si](c2ccccc2)c2ccccc2)=Cc2ccccc21.[Cl-].[Cl-]. The topological polar surface area (TPSA) is 0 Å². The first-order chi connectivity index (χ1) is 18.8. The minimum atomic E-state index is -0.955. The molecule has 0 heterocycles. The van der Waals surface area contributed by atoms with Gasteiger partial charge in [0.05, 0.1) is 0 Å². The summed E-state index contributed by atoms with van der Waals surface area (Å²) in [7, 11) is 0. The first-order valence-corrected chi connectivity index (χ1v) is 20.0. The van der Waals surface area contributed by atoms with Gasteiger partial charge in [0.2, 0.25) is 0 Å². The molecule has 40 heavy (non-hydrogen) atoms. The van der Waals surface area contributed by atoms with E-state index in [2.05, 4.69) is 140 Å². The summed E-state index contributed by atoms with van der Waals surface area (Å²) in [4.78, 5) is 0. The van der Waals surface area contributed by atoms with Crippen molar-refractivity contribution >= 4 is 38.7 Å². The summed E-state index contributed by atoms with van der Waals surface area (Å²) in [6, 6.07) is 45.7. The normalized spacial score (nSPS) is 16.5. The molecule has 5 aromatic carbocycles. The van der Waals surface area contributed by atoms with Gasteiger partial charge in [-0.25, -0.2) is 0 Å². The molecule has 0 saturated carbocycles. The minimum Gasteiger partial charge on any atom is -1.00 e. The van der Waals surface area contributed by atoms with E-state index in [-0.39, 0.29) is 24.8 Å². The number of benzene rings is 5. The van der Waals surface area contributed by atoms with Crippen LogP contribution >= 0.6 is 0 Å². The van der Waals surface area contributed by atoms with Crippen LogP contribution in [0.4, 0.5) is 0 Å². The van der Waals surface area contributed by atoms with E-state index < -0.39 is 27.3 Å². The molecule has 0 N–H and O–H groups in total. The molecule has 0 bridgehead atoms. The summed E-state index contributed by atoms with van der Waals surface area (Å²) >= 11 is -0.955. The monoisotopic (exact) mass is 649 g/mol. The maximum atomic E-state index is 2.61. The molecule has 0 aliphatic heterocycles. The van der Waals surface area contributed by atoms with Gasteiger partial charge in [-0.1, -0.05) is 0 Å². The first-order valence-electron chi connectivity index (χ1n) is 13.6. The fourth-order valence-corrected chi connectivity index (χ4v) is 18.2. The molecular weight excluding hydrogens is 623 g/mol. The van der Waals surface area contributed by atoms with Crippen LogP contribution < -0.4 is 35.2 Å². The standard InChI is InChI=1S/C24H19.C12H10Si.2ClH.Zr/c1-2-16-15-23-20-10-6-4-8-18(20)12-14-22(23)24(16)21-13-11-17-7-3-5-9-19(17)21;1-3-7-11(8-4-1)13-12-9-5-2-6-10-12;;;/h3-12,14-15,21,24H,2H2,1H3;1-10H;2*1H;/q;;;;+2/p-2. The Balaban J connectivity index is 0.00000161. The van der Waals surface area contributed by atoms with Gasteiger partial charge >= 0.3 is 238 Å². The smallest absolute Gasteiger partial charge is 1.00 e. The molecule has 0 radical (unpaired) electrons. The minimum absolute atomic E-state index is 0. The van der Waals surface area contributed by atoms with E-state index >= 15 is 0 Å². The van der Waals surface area contributed by atoms with E-state index in [9.17, 15) is 0 Å². The van der Waals surface area contributed by atoms with Gasteiger partial charge < -0.3 is 24.8 Å². The second kappa shape index (κ2) is 12.6. The van der Waals surface area contributed by atoms with Crippen molar-refractivity contribution in [2.24, 2.45) is 0 Å². The van der Waals surface area contributed by atoms with Crippen LogP contribution in [0.15, 0.2) is 130 Å². The number of fused-ring (bicyclic) bond motifs is 4. The third-order valence-electron chi connectivity index (χ3n) is 8.18. The quantitative estimate of drug-likeness (QED) is 0.255. The summed E-state index contributed by atoms with van der Waals surface area (Å²) in [5, 5.41) is 5.87. The maximum Gasteiger partial charge on any atom is -1.00 e. The zero-order valence-corrected chi connectivity index (χ0v) is 27.3. The largest absolute Gasteiger partial charge is 1.00 e. The summed E-state index contributed by atoms with van der Waals surface area (Å²) in [6.45, 7) is 2.35. The Morgan fingerprint density at radius 1 is 0.600 bits per heavy atom. The molecule has 2 atom stereocenters. The number of halogens is 2. The average Bonchev–Trinajstić information content (AvgIpc) is 3.54. The van der Waals surface area contributed by atoms with Crippen LogP contribution in [0.5, 0.6) is 0 Å². The Labute approximate surface area is 261 Å². The van der Waals surface area contributed by atoms with E-state index in [0.29, 0.717) is 11.8 Å². The Bertz CT molecular complexity index is 1710. The van der Waals surface area contributed by atoms with E-state index in [1.807, 2.05) is 0 Å². The fourth-order valence-electron chi connectivity index (χ4n) is 6.42. The fraction of sp³-hybridized carbons (Fsp3) is 0.111. The van der Waals surface area contributed by atoms with Gasteiger partial charge in [0.15, 0.2) is 0 Å². The molecule has 0 fully saturated rings. The van der Waals surface area contributed by atoms with Gasteiger partial charge in [0, 0.05) is 0 Å². The molecule has 195 valence electrons. The van der Waals surface area contributed by atoms with E-state index in [1.54, 1.807) is 19.2 Å². The average molecular weight is 652 g/mol. The van der Waals surface area contributed by atoms with Crippen LogP contribution in [0.3, 0.4) is 0 Å². The predicted octanol–water partition coefficient (Wildman–Crippen LogP) is 1.77. The zero-order chi connectivity index (χ0) is 25.5. The first kappa shape index (κ1) is 29.0. The number of hydrogen-bond acceptors (Lipinski definition) is 0. The van der Waals surface area contributed by atoms with Gasteiger partial charge in [-0.05, 0) is 0 Å². The van der Waals surface area contributed by atoms with Crippen molar-refractivity contribution in [1.29, 1.82) is 0 Å². The van der Waals surface area contributed by atoms with Crippen molar-refractivity contribution in [3.8, 4) is 0 Å². The van der Waals surface area contributed by atoms with Gasteiger partial charge in [0.25, 0.3) is 0 Å². The molecule has 2 aliphatic carbocycles. The molecule has 0 amide bonds. The summed E-state index contributed by atoms with van der Waals surface area (Å²) in [5.74, 6) is 0.893. The van der Waals surface area contributed by atoms with E-state index in [1.165, 1.54) is 33.0 Å². The number of hydrogen-bond donors (Lipinski definition) is 0. The maximum absolute atomic E-state index is 2.61. The van der Waals surface area contributed by atoms with Gasteiger partial charge in [-0.3, -0.25) is 0 Å². The molecule has 0 saturated heterocycles. The Hall–Kier alpha value is -2.48. The predicted molar refractivity (Wildman–Crippen MR) is 160 cm³/mol. The summed E-state index contributed by atoms with van der Waals surface area (Å²) < 4.78 is 1.77. The van der Waals surface area contributed by atoms with Crippen molar-refractivity contribution in [3.63, 3.8) is 0 Å². The number of allylic oxidation sites excluding steroid dienone is 2. The van der Waals surface area contributed by atoms with Gasteiger partial charge in [0.1, 0.15) is 0 Å². The third kappa shape index (κ3) is 5.17. The van der Waals surface area contributed by atoms with Crippen LogP contribution in [0, 0.1) is 0 Å². The second-order valence-electron chi connectivity index (χ2n) is 10.3. The van der Waals surface area contributed by atoms with Crippen molar-refractivity contribution in [1.82, 2.24) is 0 Å². The van der Waals surface area contributed by atoms with E-state index in [0.717, 1.165) is 6.42 Å². The van der Waals surface area contributed by atoms with Crippen LogP contribution in [0.2, 0.25) is 0 Å². The molecule has 0 spiro atoms. The molecule has 7 rings (SSSR count). The van der Waals surface area contributed by atoms with Crippen LogP contribution in [-0.2, 0) is 21.9 Å². The zero-order valence-electron chi connectivity index (χ0n) is 22.3. The number of rotatable bonds is 5. The van der Waals surface area contributed by atoms with Crippen molar-refractivity contribution < 1.29 is 46.7 Å². The van der Waals surface area contributed by atoms with Crippen LogP contribution in [-0.4, -0.2) is 5.43 Å². The Morgan fingerprint density at radius 3 is 1.93 bits per heavy atom. The third-order valence-corrected chi connectivity index (χ3v) is 19.9. The molecule has 2 aliphatic rings.